The molecule has 1 aromatic rings. The molecule has 1 heterocycles. The van der Waals surface area contributed by atoms with Gasteiger partial charge >= 0.3 is 6.18 Å². The molecule has 17 heavy (non-hydrogen) atoms. The van der Waals surface area contributed by atoms with Crippen LogP contribution < -0.4 is 5.32 Å². The van der Waals surface area contributed by atoms with Crippen molar-refractivity contribution in [2.45, 2.75) is 19.1 Å². The number of carbonyl (C=O) groups excluding carboxylic acids is 1. The smallest absolute Gasteiger partial charge is 0.394 e. The van der Waals surface area contributed by atoms with Gasteiger partial charge in [0.05, 0.1) is 12.2 Å². The van der Waals surface area contributed by atoms with Gasteiger partial charge in [0.1, 0.15) is 5.69 Å². The molecule has 1 amide bonds. The second-order valence-corrected chi connectivity index (χ2v) is 3.45. The molecule has 0 aliphatic heterocycles. The summed E-state index contributed by atoms with van der Waals surface area (Å²) < 4.78 is 37.7. The van der Waals surface area contributed by atoms with Crippen molar-refractivity contribution in [1.29, 1.82) is 0 Å². The summed E-state index contributed by atoms with van der Waals surface area (Å²) in [6.07, 6.45) is -3.53. The zero-order valence-corrected chi connectivity index (χ0v) is 8.95. The summed E-state index contributed by atoms with van der Waals surface area (Å²) in [4.78, 5) is 14.9. The highest BCUT2D eigenvalue weighted by atomic mass is 19.4. The first kappa shape index (κ1) is 13.4. The van der Waals surface area contributed by atoms with Crippen LogP contribution >= 0.6 is 0 Å². The fourth-order valence-corrected chi connectivity index (χ4v) is 1.15. The zero-order valence-electron chi connectivity index (χ0n) is 8.95. The topological polar surface area (TPSA) is 62.2 Å². The molecular weight excluding hydrogens is 237 g/mol. The van der Waals surface area contributed by atoms with E-state index in [0.717, 1.165) is 18.3 Å². The summed E-state index contributed by atoms with van der Waals surface area (Å²) in [6, 6.07) is 1.26. The molecule has 1 aromatic heterocycles. The van der Waals surface area contributed by atoms with E-state index in [1.165, 1.54) is 6.92 Å². The number of hydrogen-bond donors (Lipinski definition) is 2. The van der Waals surface area contributed by atoms with Crippen molar-refractivity contribution in [2.75, 3.05) is 6.61 Å². The van der Waals surface area contributed by atoms with Gasteiger partial charge < -0.3 is 10.4 Å². The zero-order chi connectivity index (χ0) is 13.1. The molecular formula is C10H11F3N2O2. The van der Waals surface area contributed by atoms with Crippen LogP contribution in [0.4, 0.5) is 13.2 Å². The molecule has 0 spiro atoms. The van der Waals surface area contributed by atoms with Crippen LogP contribution in [-0.4, -0.2) is 28.6 Å². The van der Waals surface area contributed by atoms with Gasteiger partial charge in [-0.2, -0.15) is 13.2 Å². The van der Waals surface area contributed by atoms with Gasteiger partial charge in [-0.15, -0.1) is 0 Å². The van der Waals surface area contributed by atoms with Crippen LogP contribution in [-0.2, 0) is 6.18 Å². The minimum Gasteiger partial charge on any atom is -0.394 e. The Balaban J connectivity index is 3.02. The first-order valence-corrected chi connectivity index (χ1v) is 4.80. The first-order valence-electron chi connectivity index (χ1n) is 4.80. The van der Waals surface area contributed by atoms with Gasteiger partial charge in [0.25, 0.3) is 5.91 Å². The third-order valence-corrected chi connectivity index (χ3v) is 1.98. The van der Waals surface area contributed by atoms with Crippen LogP contribution in [0.25, 0.3) is 0 Å². The van der Waals surface area contributed by atoms with Crippen molar-refractivity contribution < 1.29 is 23.1 Å². The van der Waals surface area contributed by atoms with E-state index in [1.807, 2.05) is 0 Å². The Morgan fingerprint density at radius 3 is 2.76 bits per heavy atom. The molecule has 0 aliphatic carbocycles. The number of aliphatic hydroxyl groups excluding tert-OH is 1. The highest BCUT2D eigenvalue weighted by molar-refractivity contribution is 5.94. The Kier molecular flexibility index (Phi) is 4.06. The van der Waals surface area contributed by atoms with Crippen molar-refractivity contribution in [3.8, 4) is 0 Å². The highest BCUT2D eigenvalue weighted by Gasteiger charge is 2.36. The van der Waals surface area contributed by atoms with Crippen molar-refractivity contribution in [3.63, 3.8) is 0 Å². The van der Waals surface area contributed by atoms with Crippen molar-refractivity contribution in [2.24, 2.45) is 0 Å². The molecule has 0 saturated heterocycles. The lowest BCUT2D eigenvalue weighted by molar-refractivity contribution is -0.138. The van der Waals surface area contributed by atoms with Gasteiger partial charge in [0, 0.05) is 12.2 Å². The van der Waals surface area contributed by atoms with E-state index in [0.29, 0.717) is 0 Å². The average Bonchev–Trinajstić information content (AvgIpc) is 2.27. The van der Waals surface area contributed by atoms with E-state index in [4.69, 9.17) is 5.11 Å². The van der Waals surface area contributed by atoms with E-state index >= 15 is 0 Å². The number of pyridine rings is 1. The van der Waals surface area contributed by atoms with E-state index in [9.17, 15) is 18.0 Å². The molecule has 1 rings (SSSR count). The Morgan fingerprint density at radius 1 is 1.59 bits per heavy atom. The number of nitrogens with one attached hydrogen (secondary N) is 1. The molecule has 0 bridgehead atoms. The molecule has 1 unspecified atom stereocenters. The Bertz CT molecular complexity index is 407. The van der Waals surface area contributed by atoms with Crippen LogP contribution in [0.3, 0.4) is 0 Å². The van der Waals surface area contributed by atoms with Crippen LogP contribution in [0, 0.1) is 0 Å². The second kappa shape index (κ2) is 5.13. The predicted molar refractivity (Wildman–Crippen MR) is 53.3 cm³/mol. The summed E-state index contributed by atoms with van der Waals surface area (Å²) in [5.41, 5.74) is -1.79. The van der Waals surface area contributed by atoms with Crippen LogP contribution in [0.1, 0.15) is 23.0 Å². The molecule has 7 heteroatoms. The minimum absolute atomic E-state index is 0.361. The maximum Gasteiger partial charge on any atom is 0.418 e. The molecule has 0 fully saturated rings. The lowest BCUT2D eigenvalue weighted by atomic mass is 10.1. The van der Waals surface area contributed by atoms with Crippen molar-refractivity contribution in [1.82, 2.24) is 10.3 Å². The number of hydrogen-bond acceptors (Lipinski definition) is 3. The van der Waals surface area contributed by atoms with Gasteiger partial charge in [0.2, 0.25) is 0 Å². The number of halogens is 3. The summed E-state index contributed by atoms with van der Waals surface area (Å²) in [5, 5.41) is 10.9. The molecule has 4 nitrogen and oxygen atoms in total. The Morgan fingerprint density at radius 2 is 2.24 bits per heavy atom. The summed E-state index contributed by atoms with van der Waals surface area (Å²) in [6.45, 7) is 1.11. The molecule has 94 valence electrons. The minimum atomic E-state index is -4.64. The average molecular weight is 248 g/mol. The van der Waals surface area contributed by atoms with E-state index in [1.54, 1.807) is 0 Å². The third kappa shape index (κ3) is 3.42. The summed E-state index contributed by atoms with van der Waals surface area (Å²) in [5.74, 6) is -0.959. The van der Waals surface area contributed by atoms with Gasteiger partial charge in [-0.25, -0.2) is 0 Å². The van der Waals surface area contributed by atoms with Crippen molar-refractivity contribution in [3.05, 3.63) is 29.6 Å². The number of amides is 1. The largest absolute Gasteiger partial charge is 0.418 e. The van der Waals surface area contributed by atoms with E-state index in [-0.39, 0.29) is 6.61 Å². The van der Waals surface area contributed by atoms with Gasteiger partial charge in [0.15, 0.2) is 0 Å². The lowest BCUT2D eigenvalue weighted by Gasteiger charge is -2.14. The standard InChI is InChI=1S/C10H11F3N2O2/c1-6(5-16)15-9(17)8-7(10(11,12)13)3-2-4-14-8/h2-4,6,16H,5H2,1H3,(H,15,17). The predicted octanol–water partition coefficient (Wildman–Crippen LogP) is 1.21. The molecule has 0 aromatic carbocycles. The van der Waals surface area contributed by atoms with Crippen LogP contribution in [0.15, 0.2) is 18.3 Å². The Labute approximate surface area is 95.5 Å². The number of nitrogens with zero attached hydrogens (tertiary/aromatic N) is 1. The monoisotopic (exact) mass is 248 g/mol. The van der Waals surface area contributed by atoms with Crippen molar-refractivity contribution >= 4 is 5.91 Å². The molecule has 1 atom stereocenters. The Hall–Kier alpha value is -1.63. The fraction of sp³-hybridized carbons (Fsp3) is 0.400. The van der Waals surface area contributed by atoms with Crippen LogP contribution in [0.5, 0.6) is 0 Å². The molecule has 0 radical (unpaired) electrons. The maximum atomic E-state index is 12.6. The molecule has 0 aliphatic rings. The first-order chi connectivity index (χ1) is 7.86. The summed E-state index contributed by atoms with van der Waals surface area (Å²) >= 11 is 0. The van der Waals surface area contributed by atoms with Gasteiger partial charge in [-0.1, -0.05) is 0 Å². The normalized spacial score (nSPS) is 13.2. The maximum absolute atomic E-state index is 12.6. The summed E-state index contributed by atoms with van der Waals surface area (Å²) in [7, 11) is 0. The van der Waals surface area contributed by atoms with Gasteiger partial charge in [-0.3, -0.25) is 9.78 Å². The fourth-order valence-electron chi connectivity index (χ4n) is 1.15. The SMILES string of the molecule is CC(CO)NC(=O)c1ncccc1C(F)(F)F. The second-order valence-electron chi connectivity index (χ2n) is 3.45. The number of aliphatic hydroxyl groups is 1. The highest BCUT2D eigenvalue weighted by Crippen LogP contribution is 2.30. The quantitative estimate of drug-likeness (QED) is 0.845. The molecule has 2 N–H and O–H groups in total. The van der Waals surface area contributed by atoms with Crippen LogP contribution in [0.2, 0.25) is 0 Å². The lowest BCUT2D eigenvalue weighted by Crippen LogP contribution is -2.36. The number of rotatable bonds is 3. The number of carbonyl (C=O) groups is 1. The van der Waals surface area contributed by atoms with E-state index < -0.39 is 29.4 Å². The number of alkyl halides is 3. The van der Waals surface area contributed by atoms with E-state index in [2.05, 4.69) is 10.3 Å². The molecule has 0 saturated carbocycles. The number of aromatic nitrogens is 1. The third-order valence-electron chi connectivity index (χ3n) is 1.98. The van der Waals surface area contributed by atoms with Gasteiger partial charge in [-0.05, 0) is 19.1 Å².